The van der Waals surface area contributed by atoms with Gasteiger partial charge in [0, 0.05) is 0 Å². The Balaban J connectivity index is 1.85. The van der Waals surface area contributed by atoms with Crippen molar-refractivity contribution in [2.24, 2.45) is 0 Å². The maximum absolute atomic E-state index is 13.4. The molecule has 0 heterocycles. The fourth-order valence-corrected chi connectivity index (χ4v) is 4.97. The monoisotopic (exact) mass is 497 g/mol. The van der Waals surface area contributed by atoms with Gasteiger partial charge >= 0.3 is 0 Å². The molecule has 0 saturated heterocycles. The van der Waals surface area contributed by atoms with E-state index in [-0.39, 0.29) is 35.3 Å². The van der Waals surface area contributed by atoms with E-state index < -0.39 is 27.8 Å². The first-order valence-corrected chi connectivity index (χ1v) is 13.0. The zero-order valence-corrected chi connectivity index (χ0v) is 20.6. The van der Waals surface area contributed by atoms with Gasteiger partial charge in [0.1, 0.15) is 11.9 Å². The fourth-order valence-electron chi connectivity index (χ4n) is 3.75. The highest BCUT2D eigenvalue weighted by Gasteiger charge is 2.32. The van der Waals surface area contributed by atoms with Crippen LogP contribution in [0.3, 0.4) is 0 Å². The Hall–Kier alpha value is -3.72. The maximum Gasteiger partial charge on any atom is 0.253 e. The van der Waals surface area contributed by atoms with E-state index in [0.717, 1.165) is 28.3 Å². The molecule has 0 bridgehead atoms. The Kier molecular flexibility index (Phi) is 8.24. The third kappa shape index (κ3) is 6.45. The van der Waals surface area contributed by atoms with Crippen LogP contribution in [-0.4, -0.2) is 32.5 Å². The Morgan fingerprint density at radius 3 is 2.14 bits per heavy atom. The number of benzene rings is 3. The highest BCUT2D eigenvalue weighted by atomic mass is 32.2. The number of hydrogen-bond acceptors (Lipinski definition) is 4. The predicted octanol–water partition coefficient (Wildman–Crippen LogP) is 4.50. The van der Waals surface area contributed by atoms with Gasteiger partial charge in [-0.05, 0) is 55.3 Å². The van der Waals surface area contributed by atoms with Crippen molar-refractivity contribution in [3.8, 4) is 0 Å². The molecule has 0 fully saturated rings. The first-order valence-electron chi connectivity index (χ1n) is 11.1. The minimum Gasteiger partial charge on any atom is -0.345 e. The van der Waals surface area contributed by atoms with Crippen LogP contribution >= 0.6 is 0 Å². The molecule has 0 aromatic heterocycles. The summed E-state index contributed by atoms with van der Waals surface area (Å²) in [5.74, 6) is -1.52. The number of para-hydroxylation sites is 1. The number of rotatable bonds is 9. The van der Waals surface area contributed by atoms with Crippen molar-refractivity contribution in [2.45, 2.75) is 32.4 Å². The molecule has 0 unspecified atom stereocenters. The first-order chi connectivity index (χ1) is 16.6. The molecule has 0 radical (unpaired) electrons. The molecular formula is C26H28FN3O4S. The van der Waals surface area contributed by atoms with Crippen molar-refractivity contribution in [3.05, 3.63) is 95.8 Å². The lowest BCUT2D eigenvalue weighted by molar-refractivity contribution is -0.117. The lowest BCUT2D eigenvalue weighted by Gasteiger charge is -2.30. The van der Waals surface area contributed by atoms with Gasteiger partial charge in [0.15, 0.2) is 0 Å². The van der Waals surface area contributed by atoms with Crippen LogP contribution in [-0.2, 0) is 14.8 Å². The molecule has 184 valence electrons. The number of carbonyl (C=O) groups excluding carboxylic acids is 2. The van der Waals surface area contributed by atoms with Gasteiger partial charge in [0.25, 0.3) is 5.91 Å². The molecule has 2 N–H and O–H groups in total. The second-order valence-electron chi connectivity index (χ2n) is 8.10. The molecule has 35 heavy (non-hydrogen) atoms. The van der Waals surface area contributed by atoms with Gasteiger partial charge in [-0.15, -0.1) is 0 Å². The average Bonchev–Trinajstić information content (AvgIpc) is 2.83. The quantitative estimate of drug-likeness (QED) is 0.455. The van der Waals surface area contributed by atoms with Gasteiger partial charge in [0.05, 0.1) is 29.2 Å². The molecule has 0 aliphatic carbocycles. The summed E-state index contributed by atoms with van der Waals surface area (Å²) < 4.78 is 39.6. The van der Waals surface area contributed by atoms with Crippen molar-refractivity contribution in [1.29, 1.82) is 0 Å². The van der Waals surface area contributed by atoms with Crippen LogP contribution in [0.2, 0.25) is 0 Å². The molecular weight excluding hydrogens is 469 g/mol. The standard InChI is InChI=1S/C26H28FN3O4S/c1-4-24(30(35(3,33)34)21-16-14-20(27)15-17-21)26(32)29-23-13-9-8-12-22(23)25(31)28-18(2)19-10-6-5-7-11-19/h5-18,24H,4H2,1-3H3,(H,28,31)(H,29,32)/t18-,24-/m0/s1. The van der Waals surface area contributed by atoms with Crippen molar-refractivity contribution >= 4 is 33.2 Å². The lowest BCUT2D eigenvalue weighted by atomic mass is 10.1. The molecule has 0 spiro atoms. The minimum atomic E-state index is -3.88. The zero-order chi connectivity index (χ0) is 25.6. The van der Waals surface area contributed by atoms with E-state index in [0.29, 0.717) is 0 Å². The topological polar surface area (TPSA) is 95.6 Å². The van der Waals surface area contributed by atoms with Gasteiger partial charge in [-0.25, -0.2) is 12.8 Å². The molecule has 0 aliphatic rings. The maximum atomic E-state index is 13.4. The van der Waals surface area contributed by atoms with Gasteiger partial charge in [0.2, 0.25) is 15.9 Å². The van der Waals surface area contributed by atoms with E-state index >= 15 is 0 Å². The summed E-state index contributed by atoms with van der Waals surface area (Å²) in [7, 11) is -3.88. The number of halogens is 1. The number of sulfonamides is 1. The number of carbonyl (C=O) groups is 2. The van der Waals surface area contributed by atoms with Crippen LogP contribution in [0, 0.1) is 5.82 Å². The summed E-state index contributed by atoms with van der Waals surface area (Å²) in [5, 5.41) is 5.62. The van der Waals surface area contributed by atoms with Crippen molar-refractivity contribution in [2.75, 3.05) is 15.9 Å². The van der Waals surface area contributed by atoms with Crippen molar-refractivity contribution in [3.63, 3.8) is 0 Å². The van der Waals surface area contributed by atoms with Crippen molar-refractivity contribution < 1.29 is 22.4 Å². The zero-order valence-electron chi connectivity index (χ0n) is 19.7. The molecule has 2 atom stereocenters. The lowest BCUT2D eigenvalue weighted by Crippen LogP contribution is -2.47. The third-order valence-corrected chi connectivity index (χ3v) is 6.67. The number of hydrogen-bond donors (Lipinski definition) is 2. The largest absolute Gasteiger partial charge is 0.345 e. The van der Waals surface area contributed by atoms with Gasteiger partial charge in [-0.1, -0.05) is 49.4 Å². The second kappa shape index (κ2) is 11.1. The summed E-state index contributed by atoms with van der Waals surface area (Å²) in [5.41, 5.74) is 1.59. The van der Waals surface area contributed by atoms with Crippen LogP contribution in [0.1, 0.15) is 42.2 Å². The third-order valence-electron chi connectivity index (χ3n) is 5.49. The number of nitrogens with one attached hydrogen (secondary N) is 2. The minimum absolute atomic E-state index is 0.148. The van der Waals surface area contributed by atoms with Gasteiger partial charge in [-0.3, -0.25) is 13.9 Å². The second-order valence-corrected chi connectivity index (χ2v) is 9.96. The van der Waals surface area contributed by atoms with Gasteiger partial charge < -0.3 is 10.6 Å². The summed E-state index contributed by atoms with van der Waals surface area (Å²) in [6, 6.07) is 19.4. The van der Waals surface area contributed by atoms with Crippen molar-refractivity contribution in [1.82, 2.24) is 5.32 Å². The molecule has 3 aromatic carbocycles. The summed E-state index contributed by atoms with van der Waals surface area (Å²) in [6.07, 6.45) is 1.13. The summed E-state index contributed by atoms with van der Waals surface area (Å²) >= 11 is 0. The van der Waals surface area contributed by atoms with E-state index in [1.807, 2.05) is 37.3 Å². The number of anilines is 2. The molecule has 0 saturated carbocycles. The molecule has 3 rings (SSSR count). The normalized spacial score (nSPS) is 12.9. The molecule has 3 aromatic rings. The van der Waals surface area contributed by atoms with E-state index in [1.165, 1.54) is 12.1 Å². The first kappa shape index (κ1) is 25.9. The van der Waals surface area contributed by atoms with Crippen LogP contribution in [0.25, 0.3) is 0 Å². The molecule has 2 amide bonds. The number of nitrogens with zero attached hydrogens (tertiary/aromatic N) is 1. The Bertz CT molecular complexity index is 1280. The summed E-state index contributed by atoms with van der Waals surface area (Å²) in [4.78, 5) is 26.3. The number of amides is 2. The predicted molar refractivity (Wildman–Crippen MR) is 135 cm³/mol. The molecule has 9 heteroatoms. The van der Waals surface area contributed by atoms with E-state index in [9.17, 15) is 22.4 Å². The Morgan fingerprint density at radius 2 is 1.54 bits per heavy atom. The Morgan fingerprint density at radius 1 is 0.943 bits per heavy atom. The molecule has 7 nitrogen and oxygen atoms in total. The smallest absolute Gasteiger partial charge is 0.253 e. The fraction of sp³-hybridized carbons (Fsp3) is 0.231. The van der Waals surface area contributed by atoms with Gasteiger partial charge in [-0.2, -0.15) is 0 Å². The van der Waals surface area contributed by atoms with E-state index in [4.69, 9.17) is 0 Å². The SMILES string of the molecule is CC[C@@H](C(=O)Nc1ccccc1C(=O)N[C@@H](C)c1ccccc1)N(c1ccc(F)cc1)S(C)(=O)=O. The Labute approximate surface area is 205 Å². The van der Waals surface area contributed by atoms with Crippen LogP contribution in [0.15, 0.2) is 78.9 Å². The van der Waals surface area contributed by atoms with Crippen LogP contribution in [0.4, 0.5) is 15.8 Å². The van der Waals surface area contributed by atoms with E-state index in [1.54, 1.807) is 31.2 Å². The average molecular weight is 498 g/mol. The van der Waals surface area contributed by atoms with Crippen LogP contribution in [0.5, 0.6) is 0 Å². The summed E-state index contributed by atoms with van der Waals surface area (Å²) in [6.45, 7) is 3.53. The highest BCUT2D eigenvalue weighted by molar-refractivity contribution is 7.92. The van der Waals surface area contributed by atoms with E-state index in [2.05, 4.69) is 10.6 Å². The van der Waals surface area contributed by atoms with Crippen LogP contribution < -0.4 is 14.9 Å². The molecule has 0 aliphatic heterocycles. The highest BCUT2D eigenvalue weighted by Crippen LogP contribution is 2.25.